The Hall–Kier alpha value is -2.59. The van der Waals surface area contributed by atoms with Gasteiger partial charge < -0.3 is 10.5 Å². The largest absolute Gasteiger partial charge is 0.478 e. The average molecular weight is 270 g/mol. The van der Waals surface area contributed by atoms with Gasteiger partial charge in [-0.05, 0) is 30.7 Å². The van der Waals surface area contributed by atoms with Crippen LogP contribution in [0.5, 0.6) is 0 Å². The van der Waals surface area contributed by atoms with E-state index in [1.807, 2.05) is 61.5 Å². The average Bonchev–Trinajstić information content (AvgIpc) is 2.47. The summed E-state index contributed by atoms with van der Waals surface area (Å²) in [5.41, 5.74) is 5.51. The maximum absolute atomic E-state index is 10.2. The molecule has 0 radical (unpaired) electrons. The number of nitrogen functional groups attached to an aromatic ring is 1. The number of aryl methyl sites for hydroxylation is 1. The molecule has 4 N–H and O–H groups in total. The number of carboxylic acids is 1. The molecule has 4 heteroatoms. The van der Waals surface area contributed by atoms with E-state index in [2.05, 4.69) is 5.43 Å². The van der Waals surface area contributed by atoms with E-state index in [0.29, 0.717) is 0 Å². The maximum atomic E-state index is 10.2. The molecule has 0 heterocycles. The van der Waals surface area contributed by atoms with Gasteiger partial charge in [-0.2, -0.15) is 0 Å². The number of para-hydroxylation sites is 1. The van der Waals surface area contributed by atoms with Gasteiger partial charge in [0.05, 0.1) is 0 Å². The normalized spacial score (nSPS) is 9.70. The number of benzene rings is 2. The first kappa shape index (κ1) is 15.5. The van der Waals surface area contributed by atoms with Gasteiger partial charge in [-0.3, -0.25) is 5.84 Å². The summed E-state index contributed by atoms with van der Waals surface area (Å²) in [4.78, 5) is 10.2. The van der Waals surface area contributed by atoms with Crippen LogP contribution in [0.1, 0.15) is 11.1 Å². The summed E-state index contributed by atoms with van der Waals surface area (Å²) in [6.45, 7) is 1.97. The second-order valence-corrected chi connectivity index (χ2v) is 4.10. The zero-order valence-electron chi connectivity index (χ0n) is 11.3. The number of carboxylic acid groups (broad SMARTS) is 1. The number of hydrogen-bond acceptors (Lipinski definition) is 3. The number of hydrazine groups is 1. The van der Waals surface area contributed by atoms with Crippen molar-refractivity contribution in [2.75, 3.05) is 5.43 Å². The van der Waals surface area contributed by atoms with Gasteiger partial charge in [-0.25, -0.2) is 4.79 Å². The first-order valence-electron chi connectivity index (χ1n) is 6.11. The van der Waals surface area contributed by atoms with Crippen LogP contribution in [0, 0.1) is 6.92 Å². The minimum Gasteiger partial charge on any atom is -0.478 e. The summed E-state index contributed by atoms with van der Waals surface area (Å²) in [5.74, 6) is 4.18. The second kappa shape index (κ2) is 8.50. The molecule has 0 saturated heterocycles. The third-order valence-electron chi connectivity index (χ3n) is 2.40. The SMILES string of the molecule is Cc1cccc(C=CC(=O)O)c1.NNc1ccccc1. The molecule has 2 aromatic carbocycles. The molecule has 0 spiro atoms. The highest BCUT2D eigenvalue weighted by molar-refractivity contribution is 5.85. The van der Waals surface area contributed by atoms with Crippen molar-refractivity contribution < 1.29 is 9.90 Å². The Morgan fingerprint density at radius 1 is 1.15 bits per heavy atom. The van der Waals surface area contributed by atoms with E-state index in [1.165, 1.54) is 0 Å². The third kappa shape index (κ3) is 6.37. The molecule has 0 aliphatic rings. The van der Waals surface area contributed by atoms with E-state index in [4.69, 9.17) is 10.9 Å². The van der Waals surface area contributed by atoms with Crippen LogP contribution in [0.3, 0.4) is 0 Å². The lowest BCUT2D eigenvalue weighted by Crippen LogP contribution is -2.05. The van der Waals surface area contributed by atoms with Crippen molar-refractivity contribution in [1.29, 1.82) is 0 Å². The quantitative estimate of drug-likeness (QED) is 0.455. The lowest BCUT2D eigenvalue weighted by atomic mass is 10.1. The Balaban J connectivity index is 0.000000217. The van der Waals surface area contributed by atoms with Crippen LogP contribution in [0.15, 0.2) is 60.7 Å². The van der Waals surface area contributed by atoms with Gasteiger partial charge in [0.25, 0.3) is 0 Å². The summed E-state index contributed by atoms with van der Waals surface area (Å²) in [5, 5.41) is 8.36. The van der Waals surface area contributed by atoms with Crippen molar-refractivity contribution in [3.8, 4) is 0 Å². The molecule has 0 unspecified atom stereocenters. The molecule has 0 bridgehead atoms. The van der Waals surface area contributed by atoms with E-state index in [1.54, 1.807) is 6.08 Å². The Bertz CT molecular complexity index is 566. The molecule has 0 aromatic heterocycles. The summed E-state index contributed by atoms with van der Waals surface area (Å²) in [6.07, 6.45) is 2.71. The number of nitrogens with one attached hydrogen (secondary N) is 1. The number of hydrogen-bond donors (Lipinski definition) is 3. The molecule has 20 heavy (non-hydrogen) atoms. The van der Waals surface area contributed by atoms with Gasteiger partial charge in [-0.1, -0.05) is 48.0 Å². The number of aliphatic carboxylic acids is 1. The van der Waals surface area contributed by atoms with Crippen LogP contribution in [0.2, 0.25) is 0 Å². The zero-order valence-corrected chi connectivity index (χ0v) is 11.3. The fraction of sp³-hybridized carbons (Fsp3) is 0.0625. The number of carbonyl (C=O) groups is 1. The van der Waals surface area contributed by atoms with Gasteiger partial charge in [0.1, 0.15) is 0 Å². The smallest absolute Gasteiger partial charge is 0.328 e. The van der Waals surface area contributed by atoms with E-state index in [0.717, 1.165) is 22.9 Å². The highest BCUT2D eigenvalue weighted by Gasteiger charge is 1.89. The van der Waals surface area contributed by atoms with Crippen molar-refractivity contribution in [2.45, 2.75) is 6.92 Å². The Morgan fingerprint density at radius 2 is 1.85 bits per heavy atom. The highest BCUT2D eigenvalue weighted by atomic mass is 16.4. The van der Waals surface area contributed by atoms with E-state index < -0.39 is 5.97 Å². The molecule has 0 aliphatic carbocycles. The topological polar surface area (TPSA) is 75.3 Å². The first-order chi connectivity index (χ1) is 9.61. The summed E-state index contributed by atoms with van der Waals surface area (Å²) in [7, 11) is 0. The number of rotatable bonds is 3. The second-order valence-electron chi connectivity index (χ2n) is 4.10. The lowest BCUT2D eigenvalue weighted by molar-refractivity contribution is -0.131. The van der Waals surface area contributed by atoms with Crippen molar-refractivity contribution in [1.82, 2.24) is 0 Å². The monoisotopic (exact) mass is 270 g/mol. The van der Waals surface area contributed by atoms with Crippen molar-refractivity contribution in [3.05, 3.63) is 71.8 Å². The molecule has 0 saturated carbocycles. The van der Waals surface area contributed by atoms with Crippen LogP contribution in [-0.2, 0) is 4.79 Å². The zero-order chi connectivity index (χ0) is 14.8. The van der Waals surface area contributed by atoms with Crippen LogP contribution in [-0.4, -0.2) is 11.1 Å². The van der Waals surface area contributed by atoms with Crippen molar-refractivity contribution >= 4 is 17.7 Å². The Kier molecular flexibility index (Phi) is 6.57. The summed E-state index contributed by atoms with van der Waals surface area (Å²) >= 11 is 0. The summed E-state index contributed by atoms with van der Waals surface area (Å²) < 4.78 is 0. The van der Waals surface area contributed by atoms with Crippen molar-refractivity contribution in [2.24, 2.45) is 5.84 Å². The lowest BCUT2D eigenvalue weighted by Gasteiger charge is -1.94. The highest BCUT2D eigenvalue weighted by Crippen LogP contribution is 2.05. The molecule has 0 aliphatic heterocycles. The minimum atomic E-state index is -0.920. The minimum absolute atomic E-state index is 0.914. The van der Waals surface area contributed by atoms with Crippen LogP contribution >= 0.6 is 0 Å². The van der Waals surface area contributed by atoms with Crippen LogP contribution in [0.25, 0.3) is 6.08 Å². The van der Waals surface area contributed by atoms with E-state index in [-0.39, 0.29) is 0 Å². The number of anilines is 1. The molecule has 0 amide bonds. The predicted octanol–water partition coefficient (Wildman–Crippen LogP) is 3.07. The van der Waals surface area contributed by atoms with Gasteiger partial charge in [-0.15, -0.1) is 0 Å². The van der Waals surface area contributed by atoms with Gasteiger partial charge in [0.15, 0.2) is 0 Å². The van der Waals surface area contributed by atoms with Crippen LogP contribution in [0.4, 0.5) is 5.69 Å². The van der Waals surface area contributed by atoms with Crippen molar-refractivity contribution in [3.63, 3.8) is 0 Å². The molecule has 0 atom stereocenters. The molecular weight excluding hydrogens is 252 g/mol. The Morgan fingerprint density at radius 3 is 2.35 bits per heavy atom. The van der Waals surface area contributed by atoms with Gasteiger partial charge in [0.2, 0.25) is 0 Å². The van der Waals surface area contributed by atoms with Gasteiger partial charge >= 0.3 is 5.97 Å². The molecule has 2 aromatic rings. The molecule has 0 fully saturated rings. The van der Waals surface area contributed by atoms with Crippen LogP contribution < -0.4 is 11.3 Å². The maximum Gasteiger partial charge on any atom is 0.328 e. The Labute approximate surface area is 118 Å². The third-order valence-corrected chi connectivity index (χ3v) is 2.40. The van der Waals surface area contributed by atoms with E-state index >= 15 is 0 Å². The van der Waals surface area contributed by atoms with Gasteiger partial charge in [0, 0.05) is 11.8 Å². The summed E-state index contributed by atoms with van der Waals surface area (Å²) in [6, 6.07) is 17.3. The molecule has 4 nitrogen and oxygen atoms in total. The predicted molar refractivity (Wildman–Crippen MR) is 82.1 cm³/mol. The van der Waals surface area contributed by atoms with E-state index in [9.17, 15) is 4.79 Å². The fourth-order valence-corrected chi connectivity index (χ4v) is 1.48. The first-order valence-corrected chi connectivity index (χ1v) is 6.11. The fourth-order valence-electron chi connectivity index (χ4n) is 1.48. The molecule has 2 rings (SSSR count). The molecular formula is C16H18N2O2. The molecule has 104 valence electrons. The number of nitrogens with two attached hydrogens (primary N) is 1. The standard InChI is InChI=1S/C10H10O2.C6H8N2/c1-8-3-2-4-9(7-8)5-6-10(11)12;7-8-6-4-2-1-3-5-6/h2-7H,1H3,(H,11,12);1-5,8H,7H2.